The summed E-state index contributed by atoms with van der Waals surface area (Å²) in [6.45, 7) is 6.55. The fraction of sp³-hybridized carbons (Fsp3) is 0.600. The van der Waals surface area contributed by atoms with E-state index >= 15 is 0 Å². The molecule has 1 aliphatic heterocycles. The van der Waals surface area contributed by atoms with E-state index in [0.29, 0.717) is 11.2 Å². The Morgan fingerprint density at radius 1 is 1.35 bits per heavy atom. The second-order valence-corrected chi connectivity index (χ2v) is 6.89. The SMILES string of the molecule is CC(C)c1ccc(CC2(O)CCSC2C)cc1. The van der Waals surface area contributed by atoms with E-state index in [-0.39, 0.29) is 0 Å². The molecule has 0 aliphatic carbocycles. The van der Waals surface area contributed by atoms with Crippen molar-refractivity contribution in [1.29, 1.82) is 0 Å². The number of benzene rings is 1. The van der Waals surface area contributed by atoms with Crippen molar-refractivity contribution in [3.05, 3.63) is 35.4 Å². The molecule has 1 aliphatic rings. The maximum absolute atomic E-state index is 10.6. The lowest BCUT2D eigenvalue weighted by Gasteiger charge is -2.27. The number of hydrogen-bond donors (Lipinski definition) is 1. The lowest BCUT2D eigenvalue weighted by atomic mass is 9.88. The molecule has 2 heteroatoms. The fourth-order valence-electron chi connectivity index (χ4n) is 2.38. The molecule has 17 heavy (non-hydrogen) atoms. The van der Waals surface area contributed by atoms with Crippen LogP contribution in [-0.4, -0.2) is 21.7 Å². The zero-order chi connectivity index (χ0) is 12.5. The molecule has 2 rings (SSSR count). The molecule has 0 bridgehead atoms. The number of hydrogen-bond acceptors (Lipinski definition) is 2. The molecule has 1 aromatic carbocycles. The average Bonchev–Trinajstić information content (AvgIpc) is 2.60. The molecule has 0 radical (unpaired) electrons. The quantitative estimate of drug-likeness (QED) is 0.884. The molecule has 0 spiro atoms. The lowest BCUT2D eigenvalue weighted by molar-refractivity contribution is 0.0464. The summed E-state index contributed by atoms with van der Waals surface area (Å²) in [5.41, 5.74) is 2.13. The molecule has 0 saturated carbocycles. The summed E-state index contributed by atoms with van der Waals surface area (Å²) in [7, 11) is 0. The Labute approximate surface area is 109 Å². The summed E-state index contributed by atoms with van der Waals surface area (Å²) in [6.07, 6.45) is 1.71. The molecule has 1 N–H and O–H groups in total. The first-order chi connectivity index (χ1) is 8.01. The monoisotopic (exact) mass is 250 g/mol. The van der Waals surface area contributed by atoms with E-state index in [9.17, 15) is 5.11 Å². The highest BCUT2D eigenvalue weighted by Gasteiger charge is 2.38. The normalized spacial score (nSPS) is 28.9. The Morgan fingerprint density at radius 3 is 2.47 bits per heavy atom. The van der Waals surface area contributed by atoms with Crippen LogP contribution in [0.1, 0.15) is 44.2 Å². The van der Waals surface area contributed by atoms with Crippen LogP contribution in [0.15, 0.2) is 24.3 Å². The van der Waals surface area contributed by atoms with Crippen LogP contribution in [0.2, 0.25) is 0 Å². The van der Waals surface area contributed by atoms with Gasteiger partial charge in [0, 0.05) is 11.7 Å². The van der Waals surface area contributed by atoms with Gasteiger partial charge in [0.1, 0.15) is 0 Å². The minimum atomic E-state index is -0.496. The highest BCUT2D eigenvalue weighted by atomic mass is 32.2. The van der Waals surface area contributed by atoms with Crippen molar-refractivity contribution >= 4 is 11.8 Å². The van der Waals surface area contributed by atoms with Crippen molar-refractivity contribution in [2.75, 3.05) is 5.75 Å². The van der Waals surface area contributed by atoms with Crippen molar-refractivity contribution in [2.24, 2.45) is 0 Å². The number of thioether (sulfide) groups is 1. The predicted octanol–water partition coefficient (Wildman–Crippen LogP) is 3.61. The van der Waals surface area contributed by atoms with Crippen molar-refractivity contribution in [3.63, 3.8) is 0 Å². The summed E-state index contributed by atoms with van der Waals surface area (Å²) < 4.78 is 0. The van der Waals surface area contributed by atoms with E-state index in [2.05, 4.69) is 45.0 Å². The molecule has 1 nitrogen and oxygen atoms in total. The smallest absolute Gasteiger partial charge is 0.0811 e. The molecule has 0 aromatic heterocycles. The lowest BCUT2D eigenvalue weighted by Crippen LogP contribution is -2.36. The topological polar surface area (TPSA) is 20.2 Å². The zero-order valence-electron chi connectivity index (χ0n) is 10.9. The minimum Gasteiger partial charge on any atom is -0.388 e. The van der Waals surface area contributed by atoms with Crippen molar-refractivity contribution in [3.8, 4) is 0 Å². The van der Waals surface area contributed by atoms with Gasteiger partial charge in [0.15, 0.2) is 0 Å². The molecule has 1 heterocycles. The summed E-state index contributed by atoms with van der Waals surface area (Å²) in [5, 5.41) is 10.9. The van der Waals surface area contributed by atoms with E-state index in [4.69, 9.17) is 0 Å². The van der Waals surface area contributed by atoms with E-state index in [0.717, 1.165) is 18.6 Å². The first kappa shape index (κ1) is 13.0. The molecule has 1 aromatic rings. The fourth-order valence-corrected chi connectivity index (χ4v) is 3.71. The van der Waals surface area contributed by atoms with Gasteiger partial charge in [-0.3, -0.25) is 0 Å². The van der Waals surface area contributed by atoms with Crippen molar-refractivity contribution in [1.82, 2.24) is 0 Å². The molecule has 2 unspecified atom stereocenters. The highest BCUT2D eigenvalue weighted by Crippen LogP contribution is 2.37. The first-order valence-corrected chi connectivity index (χ1v) is 7.49. The Bertz CT molecular complexity index is 371. The van der Waals surface area contributed by atoms with Gasteiger partial charge in [-0.25, -0.2) is 0 Å². The van der Waals surface area contributed by atoms with Gasteiger partial charge in [-0.05, 0) is 29.2 Å². The Hall–Kier alpha value is -0.470. The van der Waals surface area contributed by atoms with Gasteiger partial charge in [0.2, 0.25) is 0 Å². The van der Waals surface area contributed by atoms with E-state index in [1.807, 2.05) is 11.8 Å². The molecule has 2 atom stereocenters. The third-order valence-electron chi connectivity index (χ3n) is 3.82. The predicted molar refractivity (Wildman–Crippen MR) is 75.7 cm³/mol. The van der Waals surface area contributed by atoms with Crippen LogP contribution in [0, 0.1) is 0 Å². The number of aliphatic hydroxyl groups is 1. The first-order valence-electron chi connectivity index (χ1n) is 6.44. The van der Waals surface area contributed by atoms with Crippen LogP contribution in [-0.2, 0) is 6.42 Å². The third kappa shape index (κ3) is 2.86. The van der Waals surface area contributed by atoms with Crippen LogP contribution in [0.25, 0.3) is 0 Å². The highest BCUT2D eigenvalue weighted by molar-refractivity contribution is 8.00. The minimum absolute atomic E-state index is 0.354. The Kier molecular flexibility index (Phi) is 3.84. The van der Waals surface area contributed by atoms with Gasteiger partial charge in [-0.1, -0.05) is 45.0 Å². The van der Waals surface area contributed by atoms with Gasteiger partial charge in [-0.15, -0.1) is 0 Å². The van der Waals surface area contributed by atoms with Crippen LogP contribution in [0.5, 0.6) is 0 Å². The second kappa shape index (κ2) is 5.03. The molecule has 0 amide bonds. The number of rotatable bonds is 3. The van der Waals surface area contributed by atoms with E-state index < -0.39 is 5.60 Å². The second-order valence-electron chi connectivity index (χ2n) is 5.44. The molecule has 1 saturated heterocycles. The van der Waals surface area contributed by atoms with Crippen LogP contribution in [0.4, 0.5) is 0 Å². The zero-order valence-corrected chi connectivity index (χ0v) is 11.8. The average molecular weight is 250 g/mol. The van der Waals surface area contributed by atoms with Gasteiger partial charge in [0.05, 0.1) is 5.60 Å². The molecular weight excluding hydrogens is 228 g/mol. The van der Waals surface area contributed by atoms with E-state index in [1.165, 1.54) is 11.1 Å². The van der Waals surface area contributed by atoms with Gasteiger partial charge in [0.25, 0.3) is 0 Å². The maximum atomic E-state index is 10.6. The molecule has 1 fully saturated rings. The standard InChI is InChI=1S/C15H22OS/c1-11(2)14-6-4-13(5-7-14)10-15(16)8-9-17-12(15)3/h4-7,11-12,16H,8-10H2,1-3H3. The molecule has 94 valence electrons. The van der Waals surface area contributed by atoms with Crippen molar-refractivity contribution in [2.45, 2.75) is 50.4 Å². The third-order valence-corrected chi connectivity index (χ3v) is 5.19. The summed E-state index contributed by atoms with van der Waals surface area (Å²) >= 11 is 1.88. The Balaban J connectivity index is 2.08. The van der Waals surface area contributed by atoms with Gasteiger partial charge in [-0.2, -0.15) is 11.8 Å². The summed E-state index contributed by atoms with van der Waals surface area (Å²) in [4.78, 5) is 0. The Morgan fingerprint density at radius 2 is 2.00 bits per heavy atom. The van der Waals surface area contributed by atoms with Gasteiger partial charge >= 0.3 is 0 Å². The van der Waals surface area contributed by atoms with Gasteiger partial charge < -0.3 is 5.11 Å². The summed E-state index contributed by atoms with van der Waals surface area (Å²) in [6, 6.07) is 8.72. The van der Waals surface area contributed by atoms with E-state index in [1.54, 1.807) is 0 Å². The summed E-state index contributed by atoms with van der Waals surface area (Å²) in [5.74, 6) is 1.66. The molecular formula is C15H22OS. The maximum Gasteiger partial charge on any atom is 0.0811 e. The largest absolute Gasteiger partial charge is 0.388 e. The van der Waals surface area contributed by atoms with Crippen LogP contribution < -0.4 is 0 Å². The van der Waals surface area contributed by atoms with Crippen molar-refractivity contribution < 1.29 is 5.11 Å². The van der Waals surface area contributed by atoms with Crippen LogP contribution in [0.3, 0.4) is 0 Å². The van der Waals surface area contributed by atoms with Crippen LogP contribution >= 0.6 is 11.8 Å².